The molecular weight excluding hydrogens is 404 g/mol. The van der Waals surface area contributed by atoms with Crippen LogP contribution in [-0.2, 0) is 13.6 Å². The maximum atomic E-state index is 4.47. The van der Waals surface area contributed by atoms with E-state index in [1.165, 1.54) is 23.4 Å². The van der Waals surface area contributed by atoms with Gasteiger partial charge in [0.2, 0.25) is 0 Å². The van der Waals surface area contributed by atoms with E-state index in [1.54, 1.807) is 0 Å². The van der Waals surface area contributed by atoms with E-state index in [0.717, 1.165) is 42.3 Å². The van der Waals surface area contributed by atoms with Crippen LogP contribution >= 0.6 is 15.9 Å². The van der Waals surface area contributed by atoms with Crippen LogP contribution in [0.3, 0.4) is 0 Å². The molecule has 1 aliphatic rings. The minimum Gasteiger partial charge on any atom is -0.371 e. The molecule has 7 heteroatoms. The van der Waals surface area contributed by atoms with Crippen molar-refractivity contribution in [2.24, 2.45) is 18.0 Å². The first-order valence-corrected chi connectivity index (χ1v) is 10.2. The third-order valence-corrected chi connectivity index (χ3v) is 5.88. The Morgan fingerprint density at radius 3 is 2.63 bits per heavy atom. The third-order valence-electron chi connectivity index (χ3n) is 5.35. The van der Waals surface area contributed by atoms with Crippen molar-refractivity contribution in [2.75, 3.05) is 31.6 Å². The van der Waals surface area contributed by atoms with E-state index in [0.29, 0.717) is 5.92 Å². The Bertz CT molecular complexity index is 796. The van der Waals surface area contributed by atoms with Gasteiger partial charge in [-0.25, -0.2) is 0 Å². The van der Waals surface area contributed by atoms with Crippen LogP contribution in [-0.4, -0.2) is 42.4 Å². The second kappa shape index (κ2) is 8.78. The number of hydrogen-bond donors (Lipinski definition) is 2. The maximum Gasteiger partial charge on any atom is 0.191 e. The van der Waals surface area contributed by atoms with Crippen LogP contribution in [0, 0.1) is 19.8 Å². The minimum absolute atomic E-state index is 0.620. The largest absolute Gasteiger partial charge is 0.371 e. The van der Waals surface area contributed by atoms with Crippen LogP contribution in [0.15, 0.2) is 33.7 Å². The lowest BCUT2D eigenvalue weighted by Gasteiger charge is -2.19. The van der Waals surface area contributed by atoms with Gasteiger partial charge in [-0.3, -0.25) is 9.67 Å². The number of aryl methyl sites for hydroxylation is 2. The van der Waals surface area contributed by atoms with E-state index < -0.39 is 0 Å². The molecule has 1 aromatic carbocycles. The molecule has 0 aliphatic carbocycles. The highest BCUT2D eigenvalue weighted by molar-refractivity contribution is 9.10. The van der Waals surface area contributed by atoms with Crippen LogP contribution in [0.4, 0.5) is 5.69 Å². The lowest BCUT2D eigenvalue weighted by atomic mass is 10.1. The number of rotatable bonds is 5. The number of anilines is 1. The van der Waals surface area contributed by atoms with Crippen molar-refractivity contribution in [3.8, 4) is 0 Å². The summed E-state index contributed by atoms with van der Waals surface area (Å²) in [5.74, 6) is 1.47. The van der Waals surface area contributed by atoms with Gasteiger partial charge in [-0.1, -0.05) is 15.9 Å². The van der Waals surface area contributed by atoms with E-state index in [4.69, 9.17) is 0 Å². The van der Waals surface area contributed by atoms with Gasteiger partial charge in [-0.15, -0.1) is 0 Å². The summed E-state index contributed by atoms with van der Waals surface area (Å²) in [7, 11) is 3.80. The predicted octanol–water partition coefficient (Wildman–Crippen LogP) is 2.99. The summed E-state index contributed by atoms with van der Waals surface area (Å²) < 4.78 is 3.05. The van der Waals surface area contributed by atoms with Gasteiger partial charge < -0.3 is 15.5 Å². The maximum absolute atomic E-state index is 4.47. The van der Waals surface area contributed by atoms with Crippen molar-refractivity contribution in [1.29, 1.82) is 0 Å². The average molecular weight is 433 g/mol. The molecule has 1 aliphatic heterocycles. The van der Waals surface area contributed by atoms with Crippen molar-refractivity contribution in [2.45, 2.75) is 26.8 Å². The van der Waals surface area contributed by atoms with Crippen LogP contribution in [0.1, 0.15) is 23.4 Å². The van der Waals surface area contributed by atoms with Gasteiger partial charge in [0.25, 0.3) is 0 Å². The summed E-state index contributed by atoms with van der Waals surface area (Å²) in [5, 5.41) is 11.4. The van der Waals surface area contributed by atoms with Gasteiger partial charge >= 0.3 is 0 Å². The van der Waals surface area contributed by atoms with E-state index in [-0.39, 0.29) is 0 Å². The number of aromatic nitrogens is 2. The Morgan fingerprint density at radius 1 is 1.26 bits per heavy atom. The molecule has 27 heavy (non-hydrogen) atoms. The topological polar surface area (TPSA) is 57.5 Å². The average Bonchev–Trinajstić information content (AvgIpc) is 3.22. The Hall–Kier alpha value is -2.02. The quantitative estimate of drug-likeness (QED) is 0.563. The van der Waals surface area contributed by atoms with Gasteiger partial charge in [-0.2, -0.15) is 5.10 Å². The monoisotopic (exact) mass is 432 g/mol. The van der Waals surface area contributed by atoms with Crippen molar-refractivity contribution in [3.63, 3.8) is 0 Å². The Balaban J connectivity index is 1.48. The summed E-state index contributed by atoms with van der Waals surface area (Å²) in [4.78, 5) is 6.82. The lowest BCUT2D eigenvalue weighted by molar-refractivity contribution is 0.565. The molecular formula is C20H29BrN6. The number of nitrogens with one attached hydrogen (secondary N) is 2. The molecule has 0 spiro atoms. The molecule has 6 nitrogen and oxygen atoms in total. The highest BCUT2D eigenvalue weighted by Gasteiger charge is 2.22. The second-order valence-corrected chi connectivity index (χ2v) is 8.07. The Labute approximate surface area is 170 Å². The van der Waals surface area contributed by atoms with Gasteiger partial charge in [-0.05, 0) is 50.5 Å². The molecule has 0 amide bonds. The molecule has 2 N–H and O–H groups in total. The van der Waals surface area contributed by atoms with Crippen LogP contribution in [0.25, 0.3) is 0 Å². The molecule has 1 aromatic heterocycles. The molecule has 2 aromatic rings. The van der Waals surface area contributed by atoms with Crippen LogP contribution in [0.2, 0.25) is 0 Å². The summed E-state index contributed by atoms with van der Waals surface area (Å²) in [6.07, 6.45) is 1.20. The summed E-state index contributed by atoms with van der Waals surface area (Å²) in [6, 6.07) is 8.57. The number of guanidine groups is 1. The van der Waals surface area contributed by atoms with Crippen molar-refractivity contribution >= 4 is 27.6 Å². The zero-order chi connectivity index (χ0) is 19.4. The smallest absolute Gasteiger partial charge is 0.191 e. The SMILES string of the molecule is CN=C(NCc1c(C)nn(C)c1C)NCC1CCN(c2ccc(Br)cc2)C1. The number of aliphatic imine (C=N–C) groups is 1. The van der Waals surface area contributed by atoms with Crippen molar-refractivity contribution < 1.29 is 0 Å². The van der Waals surface area contributed by atoms with Gasteiger partial charge in [0.1, 0.15) is 0 Å². The summed E-state index contributed by atoms with van der Waals surface area (Å²) >= 11 is 3.50. The minimum atomic E-state index is 0.620. The van der Waals surface area contributed by atoms with E-state index in [1.807, 2.05) is 18.8 Å². The molecule has 1 unspecified atom stereocenters. The molecule has 0 saturated carbocycles. The van der Waals surface area contributed by atoms with Crippen LogP contribution < -0.4 is 15.5 Å². The molecule has 1 fully saturated rings. The Kier molecular flexibility index (Phi) is 6.42. The highest BCUT2D eigenvalue weighted by Crippen LogP contribution is 2.25. The zero-order valence-electron chi connectivity index (χ0n) is 16.6. The number of benzene rings is 1. The second-order valence-electron chi connectivity index (χ2n) is 7.16. The summed E-state index contributed by atoms with van der Waals surface area (Å²) in [6.45, 7) is 8.00. The van der Waals surface area contributed by atoms with Crippen molar-refractivity contribution in [3.05, 3.63) is 45.7 Å². The number of hydrogen-bond acceptors (Lipinski definition) is 3. The molecule has 1 atom stereocenters. The van der Waals surface area contributed by atoms with Gasteiger partial charge in [0, 0.05) is 61.7 Å². The normalized spacial score (nSPS) is 17.4. The molecule has 1 saturated heterocycles. The third kappa shape index (κ3) is 4.83. The molecule has 0 bridgehead atoms. The fourth-order valence-corrected chi connectivity index (χ4v) is 3.86. The first-order valence-electron chi connectivity index (χ1n) is 9.42. The van der Waals surface area contributed by atoms with E-state index in [2.05, 4.69) is 79.7 Å². The first-order chi connectivity index (χ1) is 13.0. The molecule has 2 heterocycles. The van der Waals surface area contributed by atoms with Crippen LogP contribution in [0.5, 0.6) is 0 Å². The number of nitrogens with zero attached hydrogens (tertiary/aromatic N) is 4. The summed E-state index contributed by atoms with van der Waals surface area (Å²) in [5.41, 5.74) is 4.80. The van der Waals surface area contributed by atoms with E-state index in [9.17, 15) is 0 Å². The first kappa shape index (κ1) is 19.7. The fraction of sp³-hybridized carbons (Fsp3) is 0.500. The fourth-order valence-electron chi connectivity index (χ4n) is 3.59. The number of halogens is 1. The predicted molar refractivity (Wildman–Crippen MR) is 115 cm³/mol. The van der Waals surface area contributed by atoms with E-state index >= 15 is 0 Å². The lowest BCUT2D eigenvalue weighted by Crippen LogP contribution is -2.40. The van der Waals surface area contributed by atoms with Gasteiger partial charge in [0.05, 0.1) is 5.69 Å². The van der Waals surface area contributed by atoms with Crippen molar-refractivity contribution in [1.82, 2.24) is 20.4 Å². The Morgan fingerprint density at radius 2 is 2.00 bits per heavy atom. The highest BCUT2D eigenvalue weighted by atomic mass is 79.9. The van der Waals surface area contributed by atoms with Gasteiger partial charge in [0.15, 0.2) is 5.96 Å². The zero-order valence-corrected chi connectivity index (χ0v) is 18.2. The molecule has 146 valence electrons. The standard InChI is InChI=1S/C20H29BrN6/c1-14-19(15(2)26(4)25-14)12-24-20(22-3)23-11-16-9-10-27(13-16)18-7-5-17(21)6-8-18/h5-8,16H,9-13H2,1-4H3,(H2,22,23,24). The molecule has 0 radical (unpaired) electrons. The molecule has 3 rings (SSSR count).